The van der Waals surface area contributed by atoms with Crippen molar-refractivity contribution in [3.05, 3.63) is 23.8 Å². The Bertz CT molecular complexity index is 617. The van der Waals surface area contributed by atoms with Crippen molar-refractivity contribution < 1.29 is 17.9 Å². The first-order valence-electron chi connectivity index (χ1n) is 6.24. The quantitative estimate of drug-likeness (QED) is 0.797. The molecule has 0 aliphatic heterocycles. The highest BCUT2D eigenvalue weighted by Gasteiger charge is 2.20. The molecule has 0 bridgehead atoms. The van der Waals surface area contributed by atoms with Gasteiger partial charge in [-0.2, -0.15) is 0 Å². The summed E-state index contributed by atoms with van der Waals surface area (Å²) < 4.78 is 28.3. The zero-order chi connectivity index (χ0) is 16.2. The van der Waals surface area contributed by atoms with Crippen LogP contribution in [0.25, 0.3) is 0 Å². The second kappa shape index (κ2) is 7.11. The number of nitrogens with one attached hydrogen (secondary N) is 1. The van der Waals surface area contributed by atoms with Crippen molar-refractivity contribution in [1.29, 1.82) is 0 Å². The van der Waals surface area contributed by atoms with Crippen molar-refractivity contribution >= 4 is 31.3 Å². The average molecular weight is 335 g/mol. The molecule has 1 aromatic carbocycles. The molecular weight excluding hydrogens is 316 g/mol. The van der Waals surface area contributed by atoms with Gasteiger partial charge in [0.15, 0.2) is 0 Å². The van der Waals surface area contributed by atoms with Gasteiger partial charge in [-0.05, 0) is 25.1 Å². The van der Waals surface area contributed by atoms with Gasteiger partial charge in [0, 0.05) is 44.0 Å². The molecule has 0 aliphatic rings. The average Bonchev–Trinajstić information content (AvgIpc) is 2.42. The summed E-state index contributed by atoms with van der Waals surface area (Å²) in [5, 5.41) is 2.66. The zero-order valence-corrected chi connectivity index (χ0v) is 14.0. The lowest BCUT2D eigenvalue weighted by Crippen LogP contribution is -2.31. The molecule has 8 heteroatoms. The number of hydrogen-bond acceptors (Lipinski definition) is 5. The van der Waals surface area contributed by atoms with Crippen molar-refractivity contribution in [2.75, 3.05) is 32.6 Å². The number of carbonyl (C=O) groups is 1. The fourth-order valence-corrected chi connectivity index (χ4v) is 2.78. The fraction of sp³-hybridized carbons (Fsp3) is 0.462. The van der Waals surface area contributed by atoms with Crippen molar-refractivity contribution in [2.24, 2.45) is 0 Å². The van der Waals surface area contributed by atoms with E-state index in [2.05, 4.69) is 5.32 Å². The highest BCUT2D eigenvalue weighted by Crippen LogP contribution is 2.27. The fourth-order valence-electron chi connectivity index (χ4n) is 1.64. The van der Waals surface area contributed by atoms with E-state index in [1.54, 1.807) is 38.2 Å². The van der Waals surface area contributed by atoms with Gasteiger partial charge < -0.3 is 15.0 Å². The second-order valence-electron chi connectivity index (χ2n) is 4.77. The number of benzene rings is 1. The summed E-state index contributed by atoms with van der Waals surface area (Å²) in [6.45, 7) is 2.14. The molecule has 1 N–H and O–H groups in total. The van der Waals surface area contributed by atoms with Crippen molar-refractivity contribution in [2.45, 2.75) is 17.9 Å². The number of amides is 1. The van der Waals surface area contributed by atoms with Crippen LogP contribution in [-0.2, 0) is 13.8 Å². The van der Waals surface area contributed by atoms with E-state index in [9.17, 15) is 13.2 Å². The third kappa shape index (κ3) is 4.87. The molecule has 0 saturated heterocycles. The van der Waals surface area contributed by atoms with Crippen LogP contribution >= 0.6 is 10.7 Å². The van der Waals surface area contributed by atoms with Gasteiger partial charge in [0.2, 0.25) is 0 Å². The molecule has 1 rings (SSSR count). The lowest BCUT2D eigenvalue weighted by atomic mass is 10.2. The summed E-state index contributed by atoms with van der Waals surface area (Å²) in [6.07, 6.45) is -0.133. The van der Waals surface area contributed by atoms with E-state index < -0.39 is 9.05 Å². The Kier molecular flexibility index (Phi) is 6.00. The third-order valence-electron chi connectivity index (χ3n) is 2.92. The van der Waals surface area contributed by atoms with Gasteiger partial charge in [-0.1, -0.05) is 0 Å². The van der Waals surface area contributed by atoms with Gasteiger partial charge in [0.25, 0.3) is 15.0 Å². The SMILES string of the molecule is COC(C)CNC(=O)c1ccc(N(C)C)c(S(=O)(=O)Cl)c1. The zero-order valence-electron chi connectivity index (χ0n) is 12.4. The number of carbonyl (C=O) groups excluding carboxylic acids is 1. The molecule has 21 heavy (non-hydrogen) atoms. The van der Waals surface area contributed by atoms with Gasteiger partial charge in [-0.15, -0.1) is 0 Å². The molecule has 0 spiro atoms. The van der Waals surface area contributed by atoms with E-state index in [-0.39, 0.29) is 22.5 Å². The highest BCUT2D eigenvalue weighted by atomic mass is 35.7. The number of ether oxygens (including phenoxy) is 1. The van der Waals surface area contributed by atoms with Crippen LogP contribution in [0, 0.1) is 0 Å². The third-order valence-corrected chi connectivity index (χ3v) is 4.27. The summed E-state index contributed by atoms with van der Waals surface area (Å²) >= 11 is 0. The van der Waals surface area contributed by atoms with E-state index in [1.165, 1.54) is 6.07 Å². The first kappa shape index (κ1) is 17.7. The number of hydrogen-bond donors (Lipinski definition) is 1. The normalized spacial score (nSPS) is 12.8. The lowest BCUT2D eigenvalue weighted by Gasteiger charge is -2.17. The van der Waals surface area contributed by atoms with E-state index in [1.807, 2.05) is 6.92 Å². The van der Waals surface area contributed by atoms with Gasteiger partial charge in [-0.25, -0.2) is 8.42 Å². The molecule has 1 atom stereocenters. The molecule has 0 fully saturated rings. The molecule has 0 radical (unpaired) electrons. The van der Waals surface area contributed by atoms with Gasteiger partial charge in [0.05, 0.1) is 11.8 Å². The van der Waals surface area contributed by atoms with Gasteiger partial charge >= 0.3 is 0 Å². The minimum Gasteiger partial charge on any atom is -0.380 e. The standard InChI is InChI=1S/C13H19ClN2O4S/c1-9(20-4)8-15-13(17)10-5-6-11(16(2)3)12(7-10)21(14,18)19/h5-7,9H,8H2,1-4H3,(H,15,17). The van der Waals surface area contributed by atoms with Crippen LogP contribution in [0.15, 0.2) is 23.1 Å². The molecule has 0 saturated carbocycles. The maximum absolute atomic E-state index is 12.0. The summed E-state index contributed by atoms with van der Waals surface area (Å²) in [5.41, 5.74) is 0.648. The molecule has 1 aromatic rings. The number of rotatable bonds is 6. The Labute approximate surface area is 129 Å². The molecule has 1 unspecified atom stereocenters. The summed E-state index contributed by atoms with van der Waals surface area (Å²) in [6, 6.07) is 4.36. The summed E-state index contributed by atoms with van der Waals surface area (Å²) in [5.74, 6) is -0.384. The number of nitrogens with zero attached hydrogens (tertiary/aromatic N) is 1. The van der Waals surface area contributed by atoms with E-state index >= 15 is 0 Å². The van der Waals surface area contributed by atoms with Crippen LogP contribution in [0.5, 0.6) is 0 Å². The predicted molar refractivity (Wildman–Crippen MR) is 82.6 cm³/mol. The number of methoxy groups -OCH3 is 1. The molecule has 0 heterocycles. The maximum atomic E-state index is 12.0. The summed E-state index contributed by atoms with van der Waals surface area (Å²) in [7, 11) is 6.42. The Morgan fingerprint density at radius 3 is 2.52 bits per heavy atom. The smallest absolute Gasteiger partial charge is 0.263 e. The highest BCUT2D eigenvalue weighted by molar-refractivity contribution is 8.13. The molecule has 0 aliphatic carbocycles. The van der Waals surface area contributed by atoms with Crippen LogP contribution in [-0.4, -0.2) is 48.2 Å². The minimum atomic E-state index is -3.94. The first-order valence-corrected chi connectivity index (χ1v) is 8.54. The van der Waals surface area contributed by atoms with Gasteiger partial charge in [-0.3, -0.25) is 4.79 Å². The Hall–Kier alpha value is -1.31. The minimum absolute atomic E-state index is 0.0957. The molecule has 1 amide bonds. The van der Waals surface area contributed by atoms with E-state index in [0.717, 1.165) is 0 Å². The number of anilines is 1. The largest absolute Gasteiger partial charge is 0.380 e. The van der Waals surface area contributed by atoms with E-state index in [0.29, 0.717) is 12.2 Å². The van der Waals surface area contributed by atoms with Gasteiger partial charge in [0.1, 0.15) is 4.90 Å². The topological polar surface area (TPSA) is 75.7 Å². The van der Waals surface area contributed by atoms with Crippen LogP contribution in [0.2, 0.25) is 0 Å². The van der Waals surface area contributed by atoms with Crippen molar-refractivity contribution in [3.8, 4) is 0 Å². The van der Waals surface area contributed by atoms with Crippen LogP contribution in [0.1, 0.15) is 17.3 Å². The van der Waals surface area contributed by atoms with Crippen molar-refractivity contribution in [1.82, 2.24) is 5.32 Å². The van der Waals surface area contributed by atoms with Crippen LogP contribution in [0.4, 0.5) is 5.69 Å². The summed E-state index contributed by atoms with van der Waals surface area (Å²) in [4.78, 5) is 13.5. The molecule has 6 nitrogen and oxygen atoms in total. The predicted octanol–water partition coefficient (Wildman–Crippen LogP) is 1.44. The molecule has 118 valence electrons. The lowest BCUT2D eigenvalue weighted by molar-refractivity contribution is 0.0870. The first-order chi connectivity index (χ1) is 9.66. The Morgan fingerprint density at radius 1 is 1.43 bits per heavy atom. The van der Waals surface area contributed by atoms with Crippen LogP contribution < -0.4 is 10.2 Å². The second-order valence-corrected chi connectivity index (χ2v) is 7.31. The number of halogens is 1. The molecule has 0 aromatic heterocycles. The van der Waals surface area contributed by atoms with E-state index in [4.69, 9.17) is 15.4 Å². The maximum Gasteiger partial charge on any atom is 0.263 e. The molecular formula is C13H19ClN2O4S. The Balaban J connectivity index is 3.09. The van der Waals surface area contributed by atoms with Crippen LogP contribution in [0.3, 0.4) is 0 Å². The van der Waals surface area contributed by atoms with Crippen molar-refractivity contribution in [3.63, 3.8) is 0 Å². The Morgan fingerprint density at radius 2 is 2.05 bits per heavy atom. The monoisotopic (exact) mass is 334 g/mol.